The third kappa shape index (κ3) is 0.936. The van der Waals surface area contributed by atoms with E-state index in [4.69, 9.17) is 0 Å². The Kier molecular flexibility index (Phi) is 1.45. The summed E-state index contributed by atoms with van der Waals surface area (Å²) >= 11 is 0. The molecule has 0 aromatic rings. The smallest absolute Gasteiger partial charge is 0.0968 e. The summed E-state index contributed by atoms with van der Waals surface area (Å²) < 4.78 is 0. The van der Waals surface area contributed by atoms with Gasteiger partial charge in [0.1, 0.15) is 0 Å². The van der Waals surface area contributed by atoms with Crippen LogP contribution in [0.4, 0.5) is 0 Å². The van der Waals surface area contributed by atoms with Gasteiger partial charge in [0.05, 0.1) is 25.2 Å². The van der Waals surface area contributed by atoms with Crippen LogP contribution in [0, 0.1) is 0 Å². The molecule has 0 aromatic carbocycles. The normalized spacial score (nSPS) is 37.6. The minimum Gasteiger partial charge on any atom is -0.194 e. The number of azo groups is 2. The molecule has 2 atom stereocenters. The standard InChI is InChI=1S/C6H10N4/c1-3-7-9-5(1)6-2-4-8-10-6/h5-6H,1-4H2. The van der Waals surface area contributed by atoms with Crippen molar-refractivity contribution in [3.63, 3.8) is 0 Å². The Morgan fingerprint density at radius 1 is 0.800 bits per heavy atom. The molecular weight excluding hydrogens is 128 g/mol. The second kappa shape index (κ2) is 2.44. The van der Waals surface area contributed by atoms with Gasteiger partial charge in [0.25, 0.3) is 0 Å². The fraction of sp³-hybridized carbons (Fsp3) is 1.00. The molecule has 0 spiro atoms. The molecule has 2 unspecified atom stereocenters. The van der Waals surface area contributed by atoms with E-state index in [2.05, 4.69) is 20.5 Å². The number of hydrogen-bond acceptors (Lipinski definition) is 4. The molecule has 54 valence electrons. The Hall–Kier alpha value is -0.800. The van der Waals surface area contributed by atoms with E-state index in [1.54, 1.807) is 0 Å². The van der Waals surface area contributed by atoms with Crippen molar-refractivity contribution in [1.82, 2.24) is 0 Å². The first-order chi connectivity index (χ1) is 4.97. The third-order valence-electron chi connectivity index (χ3n) is 1.95. The van der Waals surface area contributed by atoms with Gasteiger partial charge in [-0.05, 0) is 12.8 Å². The van der Waals surface area contributed by atoms with Crippen LogP contribution in [0.2, 0.25) is 0 Å². The second-order valence-corrected chi connectivity index (χ2v) is 2.67. The second-order valence-electron chi connectivity index (χ2n) is 2.67. The van der Waals surface area contributed by atoms with Gasteiger partial charge in [-0.25, -0.2) is 0 Å². The molecule has 0 radical (unpaired) electrons. The van der Waals surface area contributed by atoms with Gasteiger partial charge in [0, 0.05) is 0 Å². The molecule has 4 heteroatoms. The lowest BCUT2D eigenvalue weighted by Crippen LogP contribution is -2.18. The largest absolute Gasteiger partial charge is 0.194 e. The predicted octanol–water partition coefficient (Wildman–Crippen LogP) is 1.44. The molecule has 0 saturated carbocycles. The van der Waals surface area contributed by atoms with E-state index in [-0.39, 0.29) is 0 Å². The van der Waals surface area contributed by atoms with Gasteiger partial charge in [-0.3, -0.25) is 0 Å². The van der Waals surface area contributed by atoms with E-state index in [1.807, 2.05) is 0 Å². The minimum atomic E-state index is 0.353. The van der Waals surface area contributed by atoms with Crippen molar-refractivity contribution in [2.24, 2.45) is 20.5 Å². The zero-order chi connectivity index (χ0) is 6.81. The summed E-state index contributed by atoms with van der Waals surface area (Å²) in [4.78, 5) is 0. The SMILES string of the molecule is C1CC(C2CCN=N2)N=N1. The van der Waals surface area contributed by atoms with Crippen LogP contribution >= 0.6 is 0 Å². The predicted molar refractivity (Wildman–Crippen MR) is 36.3 cm³/mol. The molecule has 0 saturated heterocycles. The number of rotatable bonds is 1. The summed E-state index contributed by atoms with van der Waals surface area (Å²) in [6.07, 6.45) is 2.15. The molecule has 2 rings (SSSR count). The van der Waals surface area contributed by atoms with Crippen LogP contribution < -0.4 is 0 Å². The van der Waals surface area contributed by atoms with Gasteiger partial charge in [-0.1, -0.05) is 0 Å². The van der Waals surface area contributed by atoms with Gasteiger partial charge < -0.3 is 0 Å². The van der Waals surface area contributed by atoms with Crippen LogP contribution in [0.25, 0.3) is 0 Å². The lowest BCUT2D eigenvalue weighted by molar-refractivity contribution is 0.538. The lowest BCUT2D eigenvalue weighted by Gasteiger charge is -2.07. The summed E-state index contributed by atoms with van der Waals surface area (Å²) in [5, 5.41) is 16.0. The summed E-state index contributed by atoms with van der Waals surface area (Å²) in [5.74, 6) is 0. The maximum Gasteiger partial charge on any atom is 0.0968 e. The molecular formula is C6H10N4. The molecule has 10 heavy (non-hydrogen) atoms. The summed E-state index contributed by atoms with van der Waals surface area (Å²) in [6, 6.07) is 0.706. The highest BCUT2D eigenvalue weighted by Gasteiger charge is 2.25. The summed E-state index contributed by atoms with van der Waals surface area (Å²) in [5.41, 5.74) is 0. The molecule has 0 aromatic heterocycles. The maximum atomic E-state index is 4.09. The Morgan fingerprint density at radius 2 is 1.30 bits per heavy atom. The molecule has 2 aliphatic rings. The van der Waals surface area contributed by atoms with E-state index in [1.165, 1.54) is 0 Å². The zero-order valence-corrected chi connectivity index (χ0v) is 5.77. The highest BCUT2D eigenvalue weighted by Crippen LogP contribution is 2.20. The Bertz CT molecular complexity index is 155. The summed E-state index contributed by atoms with van der Waals surface area (Å²) in [6.45, 7) is 1.77. The molecule has 0 fully saturated rings. The molecule has 0 amide bonds. The zero-order valence-electron chi connectivity index (χ0n) is 5.77. The molecule has 0 aliphatic carbocycles. The topological polar surface area (TPSA) is 49.4 Å². The number of nitrogens with zero attached hydrogens (tertiary/aromatic N) is 4. The van der Waals surface area contributed by atoms with Gasteiger partial charge in [0.15, 0.2) is 0 Å². The Morgan fingerprint density at radius 3 is 1.60 bits per heavy atom. The van der Waals surface area contributed by atoms with Gasteiger partial charge in [-0.15, -0.1) is 0 Å². The number of hydrogen-bond donors (Lipinski definition) is 0. The van der Waals surface area contributed by atoms with Crippen LogP contribution in [0.3, 0.4) is 0 Å². The Labute approximate surface area is 59.4 Å². The third-order valence-corrected chi connectivity index (χ3v) is 1.95. The minimum absolute atomic E-state index is 0.353. The van der Waals surface area contributed by atoms with Crippen LogP contribution in [-0.4, -0.2) is 25.2 Å². The van der Waals surface area contributed by atoms with E-state index in [0.29, 0.717) is 12.1 Å². The van der Waals surface area contributed by atoms with Gasteiger partial charge in [-0.2, -0.15) is 20.5 Å². The van der Waals surface area contributed by atoms with E-state index < -0.39 is 0 Å². The first-order valence-electron chi connectivity index (χ1n) is 3.70. The lowest BCUT2D eigenvalue weighted by atomic mass is 10.1. The average Bonchev–Trinajstić information content (AvgIpc) is 2.59. The highest BCUT2D eigenvalue weighted by molar-refractivity contribution is 4.86. The summed E-state index contributed by atoms with van der Waals surface area (Å²) in [7, 11) is 0. The van der Waals surface area contributed by atoms with Crippen LogP contribution in [0.1, 0.15) is 12.8 Å². The van der Waals surface area contributed by atoms with E-state index >= 15 is 0 Å². The maximum absolute atomic E-state index is 4.09. The highest BCUT2D eigenvalue weighted by atomic mass is 15.2. The van der Waals surface area contributed by atoms with Crippen LogP contribution in [0.5, 0.6) is 0 Å². The van der Waals surface area contributed by atoms with Crippen molar-refractivity contribution < 1.29 is 0 Å². The van der Waals surface area contributed by atoms with Crippen LogP contribution in [-0.2, 0) is 0 Å². The van der Waals surface area contributed by atoms with E-state index in [0.717, 1.165) is 25.9 Å². The van der Waals surface area contributed by atoms with Crippen molar-refractivity contribution in [1.29, 1.82) is 0 Å². The molecule has 2 aliphatic heterocycles. The van der Waals surface area contributed by atoms with Gasteiger partial charge in [0.2, 0.25) is 0 Å². The fourth-order valence-electron chi connectivity index (χ4n) is 1.36. The quantitative estimate of drug-likeness (QED) is 0.526. The monoisotopic (exact) mass is 138 g/mol. The van der Waals surface area contributed by atoms with E-state index in [9.17, 15) is 0 Å². The molecule has 2 heterocycles. The molecule has 0 N–H and O–H groups in total. The van der Waals surface area contributed by atoms with Crippen molar-refractivity contribution in [3.8, 4) is 0 Å². The first-order valence-corrected chi connectivity index (χ1v) is 3.70. The van der Waals surface area contributed by atoms with Crippen molar-refractivity contribution in [2.45, 2.75) is 24.9 Å². The Balaban J connectivity index is 1.98. The van der Waals surface area contributed by atoms with Crippen molar-refractivity contribution in [2.75, 3.05) is 13.1 Å². The molecule has 0 bridgehead atoms. The van der Waals surface area contributed by atoms with Crippen LogP contribution in [0.15, 0.2) is 20.5 Å². The van der Waals surface area contributed by atoms with Crippen molar-refractivity contribution >= 4 is 0 Å². The molecule has 4 nitrogen and oxygen atoms in total. The fourth-order valence-corrected chi connectivity index (χ4v) is 1.36. The first kappa shape index (κ1) is 5.95. The average molecular weight is 138 g/mol. The van der Waals surface area contributed by atoms with Crippen molar-refractivity contribution in [3.05, 3.63) is 0 Å². The van der Waals surface area contributed by atoms with Gasteiger partial charge >= 0.3 is 0 Å².